The molecule has 0 atom stereocenters. The van der Waals surface area contributed by atoms with Crippen LogP contribution in [0.15, 0.2) is 47.8 Å². The molecule has 3 aromatic rings. The molecule has 182 valence electrons. The second kappa shape index (κ2) is 12.2. The van der Waals surface area contributed by atoms with Crippen LogP contribution in [0.25, 0.3) is 17.5 Å². The number of pyridine rings is 1. The first-order chi connectivity index (χ1) is 17.2. The number of carbonyl (C=O) groups excluding carboxylic acids is 2. The number of hydrogen-bond donors (Lipinski definition) is 3. The Labute approximate surface area is 208 Å². The molecule has 4 rings (SSSR count). The van der Waals surface area contributed by atoms with Gasteiger partial charge in [-0.05, 0) is 66.9 Å². The van der Waals surface area contributed by atoms with Crippen molar-refractivity contribution in [2.45, 2.75) is 19.4 Å². The molecule has 1 fully saturated rings. The predicted molar refractivity (Wildman–Crippen MR) is 137 cm³/mol. The second-order valence-electron chi connectivity index (χ2n) is 8.13. The van der Waals surface area contributed by atoms with Gasteiger partial charge in [0.1, 0.15) is 0 Å². The standard InChI is InChI=1S/C24H28N8O2S/c1-25-24(34)35-20(16-33)13-19-4-9-28-23(30-19)32-11-6-17(7-12-32)14-26-15-18-3-2-8-27-22(18)21-5-10-29-31-21/h2-5,8-10,13,16-17,26H,6-7,11-12,14-15H2,1H3,(H,25,34)(H,29,31)/b20-13-. The van der Waals surface area contributed by atoms with Gasteiger partial charge in [0, 0.05) is 45.3 Å². The van der Waals surface area contributed by atoms with Gasteiger partial charge in [-0.25, -0.2) is 9.97 Å². The molecule has 10 nitrogen and oxygen atoms in total. The molecule has 3 aromatic heterocycles. The van der Waals surface area contributed by atoms with Gasteiger partial charge >= 0.3 is 0 Å². The summed E-state index contributed by atoms with van der Waals surface area (Å²) in [6, 6.07) is 7.69. The third kappa shape index (κ3) is 6.74. The zero-order chi connectivity index (χ0) is 24.5. The highest BCUT2D eigenvalue weighted by Crippen LogP contribution is 2.23. The van der Waals surface area contributed by atoms with Crippen molar-refractivity contribution in [1.29, 1.82) is 0 Å². The van der Waals surface area contributed by atoms with Gasteiger partial charge in [0.2, 0.25) is 5.95 Å². The number of allylic oxidation sites excluding steroid dienone is 1. The first-order valence-electron chi connectivity index (χ1n) is 11.4. The van der Waals surface area contributed by atoms with Crippen molar-refractivity contribution in [3.8, 4) is 11.4 Å². The van der Waals surface area contributed by atoms with Crippen molar-refractivity contribution in [3.05, 3.63) is 59.0 Å². The zero-order valence-corrected chi connectivity index (χ0v) is 20.3. The van der Waals surface area contributed by atoms with Crippen molar-refractivity contribution in [3.63, 3.8) is 0 Å². The molecule has 0 saturated carbocycles. The minimum atomic E-state index is -0.297. The average molecular weight is 493 g/mol. The lowest BCUT2D eigenvalue weighted by molar-refractivity contribution is -0.104. The van der Waals surface area contributed by atoms with E-state index in [9.17, 15) is 9.59 Å². The van der Waals surface area contributed by atoms with Crippen LogP contribution in [0.1, 0.15) is 24.1 Å². The van der Waals surface area contributed by atoms with Crippen LogP contribution in [-0.2, 0) is 11.3 Å². The van der Waals surface area contributed by atoms with Crippen LogP contribution in [0, 0.1) is 5.92 Å². The zero-order valence-electron chi connectivity index (χ0n) is 19.5. The Morgan fingerprint density at radius 2 is 2.06 bits per heavy atom. The molecule has 1 aliphatic rings. The van der Waals surface area contributed by atoms with E-state index in [0.717, 1.165) is 67.7 Å². The van der Waals surface area contributed by atoms with Gasteiger partial charge in [-0.1, -0.05) is 6.07 Å². The Morgan fingerprint density at radius 3 is 2.80 bits per heavy atom. The van der Waals surface area contributed by atoms with Gasteiger partial charge in [-0.15, -0.1) is 0 Å². The van der Waals surface area contributed by atoms with Crippen LogP contribution in [0.5, 0.6) is 0 Å². The number of piperidine rings is 1. The van der Waals surface area contributed by atoms with Gasteiger partial charge in [0.05, 0.1) is 22.0 Å². The minimum absolute atomic E-state index is 0.295. The fourth-order valence-electron chi connectivity index (χ4n) is 3.95. The van der Waals surface area contributed by atoms with Crippen LogP contribution in [0.4, 0.5) is 10.7 Å². The summed E-state index contributed by atoms with van der Waals surface area (Å²) in [6.07, 6.45) is 9.53. The van der Waals surface area contributed by atoms with E-state index in [-0.39, 0.29) is 5.24 Å². The Morgan fingerprint density at radius 1 is 1.20 bits per heavy atom. The van der Waals surface area contributed by atoms with Crippen LogP contribution in [0.3, 0.4) is 0 Å². The maximum atomic E-state index is 11.5. The lowest BCUT2D eigenvalue weighted by Crippen LogP contribution is -2.38. The third-order valence-electron chi connectivity index (χ3n) is 5.78. The topological polar surface area (TPSA) is 129 Å². The van der Waals surface area contributed by atoms with Gasteiger partial charge in [-0.2, -0.15) is 5.10 Å². The van der Waals surface area contributed by atoms with Crippen molar-refractivity contribution >= 4 is 35.3 Å². The van der Waals surface area contributed by atoms with Crippen molar-refractivity contribution in [2.75, 3.05) is 31.6 Å². The highest BCUT2D eigenvalue weighted by atomic mass is 32.2. The third-order valence-corrected chi connectivity index (χ3v) is 6.62. The number of carbonyl (C=O) groups is 2. The van der Waals surface area contributed by atoms with Crippen molar-refractivity contribution in [1.82, 2.24) is 35.8 Å². The van der Waals surface area contributed by atoms with Crippen LogP contribution < -0.4 is 15.5 Å². The largest absolute Gasteiger partial charge is 0.350 e. The summed E-state index contributed by atoms with van der Waals surface area (Å²) in [5.74, 6) is 1.20. The number of hydrogen-bond acceptors (Lipinski definition) is 9. The lowest BCUT2D eigenvalue weighted by Gasteiger charge is -2.32. The molecule has 0 bridgehead atoms. The average Bonchev–Trinajstić information content (AvgIpc) is 3.44. The molecule has 1 amide bonds. The van der Waals surface area contributed by atoms with Crippen molar-refractivity contribution in [2.24, 2.45) is 5.92 Å². The number of nitrogens with zero attached hydrogens (tertiary/aromatic N) is 5. The molecule has 1 saturated heterocycles. The molecule has 0 aliphatic carbocycles. The van der Waals surface area contributed by atoms with Crippen LogP contribution in [-0.4, -0.2) is 63.4 Å². The SMILES string of the molecule is CNC(=O)S/C(C=O)=C\c1ccnc(N2CCC(CNCc3cccnc3-c3ccn[nH]3)CC2)n1. The minimum Gasteiger partial charge on any atom is -0.350 e. The Bertz CT molecular complexity index is 1160. The van der Waals surface area contributed by atoms with E-state index in [1.54, 1.807) is 30.7 Å². The Hall–Kier alpha value is -3.57. The predicted octanol–water partition coefficient (Wildman–Crippen LogP) is 2.88. The smallest absolute Gasteiger partial charge is 0.283 e. The molecular formula is C24H28N8O2S. The quantitative estimate of drug-likeness (QED) is 0.305. The molecule has 11 heteroatoms. The summed E-state index contributed by atoms with van der Waals surface area (Å²) in [5, 5.41) is 12.8. The number of aldehydes is 1. The Balaban J connectivity index is 1.29. The van der Waals surface area contributed by atoms with E-state index in [4.69, 9.17) is 0 Å². The number of aromatic amines is 1. The lowest BCUT2D eigenvalue weighted by atomic mass is 9.97. The number of H-pyrrole nitrogens is 1. The monoisotopic (exact) mass is 492 g/mol. The highest BCUT2D eigenvalue weighted by Gasteiger charge is 2.21. The number of nitrogens with one attached hydrogen (secondary N) is 3. The van der Waals surface area contributed by atoms with E-state index in [0.29, 0.717) is 28.8 Å². The van der Waals surface area contributed by atoms with E-state index in [1.165, 1.54) is 7.05 Å². The van der Waals surface area contributed by atoms with E-state index >= 15 is 0 Å². The van der Waals surface area contributed by atoms with Gasteiger partial charge in [0.25, 0.3) is 5.24 Å². The summed E-state index contributed by atoms with van der Waals surface area (Å²) < 4.78 is 0. The molecule has 0 aromatic carbocycles. The number of amides is 1. The fraction of sp³-hybridized carbons (Fsp3) is 0.333. The summed E-state index contributed by atoms with van der Waals surface area (Å²) in [6.45, 7) is 3.39. The summed E-state index contributed by atoms with van der Waals surface area (Å²) in [4.78, 5) is 38.8. The normalized spacial score (nSPS) is 14.7. The molecule has 1 aliphatic heterocycles. The molecule has 35 heavy (non-hydrogen) atoms. The first-order valence-corrected chi connectivity index (χ1v) is 12.3. The molecular weight excluding hydrogens is 464 g/mol. The molecule has 0 radical (unpaired) electrons. The number of anilines is 1. The fourth-order valence-corrected chi connectivity index (χ4v) is 4.49. The van der Waals surface area contributed by atoms with Crippen molar-refractivity contribution < 1.29 is 9.59 Å². The van der Waals surface area contributed by atoms with Gasteiger partial charge in [0.15, 0.2) is 6.29 Å². The number of thioether (sulfide) groups is 1. The van der Waals surface area contributed by atoms with Crippen LogP contribution >= 0.6 is 11.8 Å². The van der Waals surface area contributed by atoms with Gasteiger partial charge < -0.3 is 15.5 Å². The maximum Gasteiger partial charge on any atom is 0.283 e. The molecule has 0 unspecified atom stereocenters. The van der Waals surface area contributed by atoms with E-state index < -0.39 is 0 Å². The first kappa shape index (κ1) is 24.6. The molecule has 3 N–H and O–H groups in total. The van der Waals surface area contributed by atoms with E-state index in [1.807, 2.05) is 12.1 Å². The summed E-state index contributed by atoms with van der Waals surface area (Å²) in [7, 11) is 1.52. The number of rotatable bonds is 9. The Kier molecular flexibility index (Phi) is 8.58. The van der Waals surface area contributed by atoms with Crippen LogP contribution in [0.2, 0.25) is 0 Å². The van der Waals surface area contributed by atoms with E-state index in [2.05, 4.69) is 46.7 Å². The maximum absolute atomic E-state index is 11.5. The molecule has 0 spiro atoms. The number of aromatic nitrogens is 5. The molecule has 4 heterocycles. The summed E-state index contributed by atoms with van der Waals surface area (Å²) in [5.41, 5.74) is 3.57. The summed E-state index contributed by atoms with van der Waals surface area (Å²) >= 11 is 0.840. The second-order valence-corrected chi connectivity index (χ2v) is 9.17. The van der Waals surface area contributed by atoms with Gasteiger partial charge in [-0.3, -0.25) is 19.7 Å². The highest BCUT2D eigenvalue weighted by molar-refractivity contribution is 8.17.